The van der Waals surface area contributed by atoms with Crippen molar-refractivity contribution in [2.24, 2.45) is 29.4 Å². The van der Waals surface area contributed by atoms with E-state index in [1.807, 2.05) is 0 Å². The highest BCUT2D eigenvalue weighted by Crippen LogP contribution is 2.42. The zero-order chi connectivity index (χ0) is 14.5. The van der Waals surface area contributed by atoms with Crippen molar-refractivity contribution < 1.29 is 4.79 Å². The van der Waals surface area contributed by atoms with Gasteiger partial charge in [-0.05, 0) is 50.0 Å². The van der Waals surface area contributed by atoms with E-state index in [0.717, 1.165) is 31.1 Å². The molecule has 3 nitrogen and oxygen atoms in total. The maximum Gasteiger partial charge on any atom is 0.223 e. The van der Waals surface area contributed by atoms with Crippen molar-refractivity contribution in [3.8, 4) is 0 Å². The maximum atomic E-state index is 12.5. The molecule has 2 rings (SSSR count). The van der Waals surface area contributed by atoms with Crippen LogP contribution in [0.25, 0.3) is 0 Å². The highest BCUT2D eigenvalue weighted by atomic mass is 16.1. The quantitative estimate of drug-likeness (QED) is 0.813. The van der Waals surface area contributed by atoms with Crippen molar-refractivity contribution in [1.82, 2.24) is 5.32 Å². The van der Waals surface area contributed by atoms with E-state index in [-0.39, 0.29) is 12.0 Å². The molecule has 0 aromatic heterocycles. The number of fused-ring (bicyclic) bond motifs is 1. The molecule has 0 spiro atoms. The zero-order valence-electron chi connectivity index (χ0n) is 13.2. The molecule has 0 aromatic rings. The van der Waals surface area contributed by atoms with Crippen molar-refractivity contribution >= 4 is 5.91 Å². The molecule has 0 bridgehead atoms. The van der Waals surface area contributed by atoms with E-state index in [4.69, 9.17) is 5.73 Å². The lowest BCUT2D eigenvalue weighted by atomic mass is 9.67. The van der Waals surface area contributed by atoms with Crippen LogP contribution in [0.1, 0.15) is 65.2 Å². The fourth-order valence-corrected chi connectivity index (χ4v) is 4.16. The summed E-state index contributed by atoms with van der Waals surface area (Å²) >= 11 is 0. The highest BCUT2D eigenvalue weighted by molar-refractivity contribution is 5.79. The summed E-state index contributed by atoms with van der Waals surface area (Å²) in [5.74, 6) is 2.75. The molecule has 2 fully saturated rings. The third kappa shape index (κ3) is 3.97. The molecule has 3 heteroatoms. The lowest BCUT2D eigenvalue weighted by Gasteiger charge is -2.39. The molecule has 0 aromatic carbocycles. The lowest BCUT2D eigenvalue weighted by Crippen LogP contribution is -2.44. The molecule has 1 amide bonds. The highest BCUT2D eigenvalue weighted by Gasteiger charge is 2.35. The number of amides is 1. The molecule has 0 aliphatic heterocycles. The summed E-state index contributed by atoms with van der Waals surface area (Å²) in [5, 5.41) is 3.26. The monoisotopic (exact) mass is 280 g/mol. The van der Waals surface area contributed by atoms with Gasteiger partial charge in [0.2, 0.25) is 5.91 Å². The minimum atomic E-state index is 0.247. The lowest BCUT2D eigenvalue weighted by molar-refractivity contribution is -0.128. The third-order valence-corrected chi connectivity index (χ3v) is 5.52. The van der Waals surface area contributed by atoms with Crippen molar-refractivity contribution in [3.05, 3.63) is 0 Å². The molecular formula is C17H32N2O. The van der Waals surface area contributed by atoms with E-state index in [0.29, 0.717) is 18.4 Å². The average molecular weight is 280 g/mol. The van der Waals surface area contributed by atoms with Crippen LogP contribution in [-0.4, -0.2) is 18.5 Å². The standard InChI is InChI=1S/C17H32N2O/c1-12(2)16(9-10-18)19-17(20)15-8-7-13-5-3-4-6-14(13)11-15/h12-16H,3-11,18H2,1-2H3,(H,19,20). The molecule has 116 valence electrons. The summed E-state index contributed by atoms with van der Waals surface area (Å²) in [4.78, 5) is 12.5. The Labute approximate surface area is 124 Å². The smallest absolute Gasteiger partial charge is 0.223 e. The average Bonchev–Trinajstić information content (AvgIpc) is 2.46. The van der Waals surface area contributed by atoms with E-state index < -0.39 is 0 Å². The van der Waals surface area contributed by atoms with Crippen LogP contribution in [0.4, 0.5) is 0 Å². The fraction of sp³-hybridized carbons (Fsp3) is 0.941. The molecule has 2 aliphatic carbocycles. The topological polar surface area (TPSA) is 55.1 Å². The Morgan fingerprint density at radius 2 is 1.85 bits per heavy atom. The largest absolute Gasteiger partial charge is 0.353 e. The molecule has 20 heavy (non-hydrogen) atoms. The Morgan fingerprint density at radius 1 is 1.15 bits per heavy atom. The first kappa shape index (κ1) is 15.8. The molecule has 2 aliphatic rings. The first-order chi connectivity index (χ1) is 9.61. The van der Waals surface area contributed by atoms with Gasteiger partial charge in [0.1, 0.15) is 0 Å². The second-order valence-electron chi connectivity index (χ2n) is 7.25. The number of nitrogens with one attached hydrogen (secondary N) is 1. The predicted octanol–water partition coefficient (Wildman–Crippen LogP) is 3.08. The Kier molecular flexibility index (Phi) is 5.88. The minimum absolute atomic E-state index is 0.247. The molecule has 2 saturated carbocycles. The predicted molar refractivity (Wildman–Crippen MR) is 83.2 cm³/mol. The van der Waals surface area contributed by atoms with Gasteiger partial charge in [0, 0.05) is 12.0 Å². The van der Waals surface area contributed by atoms with Gasteiger partial charge >= 0.3 is 0 Å². The number of hydrogen-bond donors (Lipinski definition) is 2. The molecule has 4 unspecified atom stereocenters. The Morgan fingerprint density at radius 3 is 2.50 bits per heavy atom. The normalized spacial score (nSPS) is 31.7. The molecule has 0 radical (unpaired) electrons. The molecule has 3 N–H and O–H groups in total. The third-order valence-electron chi connectivity index (χ3n) is 5.52. The van der Waals surface area contributed by atoms with Crippen molar-refractivity contribution in [2.45, 2.75) is 71.3 Å². The Balaban J connectivity index is 1.86. The van der Waals surface area contributed by atoms with E-state index in [9.17, 15) is 4.79 Å². The van der Waals surface area contributed by atoms with E-state index in [1.165, 1.54) is 32.1 Å². The van der Waals surface area contributed by atoms with Crippen LogP contribution in [0.15, 0.2) is 0 Å². The van der Waals surface area contributed by atoms with Gasteiger partial charge in [0.25, 0.3) is 0 Å². The van der Waals surface area contributed by atoms with Crippen LogP contribution in [0, 0.1) is 23.7 Å². The van der Waals surface area contributed by atoms with Crippen LogP contribution < -0.4 is 11.1 Å². The summed E-state index contributed by atoms with van der Waals surface area (Å²) in [6.07, 6.45) is 9.92. The molecule has 4 atom stereocenters. The first-order valence-corrected chi connectivity index (χ1v) is 8.62. The molecular weight excluding hydrogens is 248 g/mol. The van der Waals surface area contributed by atoms with Gasteiger partial charge in [-0.25, -0.2) is 0 Å². The fourth-order valence-electron chi connectivity index (χ4n) is 4.16. The molecule has 0 heterocycles. The van der Waals surface area contributed by atoms with Gasteiger partial charge < -0.3 is 11.1 Å². The summed E-state index contributed by atoms with van der Waals surface area (Å²) in [6, 6.07) is 0.247. The second kappa shape index (κ2) is 7.44. The van der Waals surface area contributed by atoms with Gasteiger partial charge in [-0.15, -0.1) is 0 Å². The maximum absolute atomic E-state index is 12.5. The summed E-state index contributed by atoms with van der Waals surface area (Å²) in [7, 11) is 0. The van der Waals surface area contributed by atoms with Gasteiger partial charge in [0.05, 0.1) is 0 Å². The zero-order valence-corrected chi connectivity index (χ0v) is 13.2. The Bertz CT molecular complexity index is 316. The van der Waals surface area contributed by atoms with E-state index >= 15 is 0 Å². The summed E-state index contributed by atoms with van der Waals surface area (Å²) in [6.45, 7) is 4.98. The number of carbonyl (C=O) groups is 1. The van der Waals surface area contributed by atoms with Crippen LogP contribution in [0.2, 0.25) is 0 Å². The number of hydrogen-bond acceptors (Lipinski definition) is 2. The van der Waals surface area contributed by atoms with E-state index in [2.05, 4.69) is 19.2 Å². The molecule has 0 saturated heterocycles. The number of rotatable bonds is 5. The van der Waals surface area contributed by atoms with Crippen LogP contribution >= 0.6 is 0 Å². The van der Waals surface area contributed by atoms with Gasteiger partial charge in [-0.2, -0.15) is 0 Å². The van der Waals surface area contributed by atoms with Gasteiger partial charge in [-0.3, -0.25) is 4.79 Å². The minimum Gasteiger partial charge on any atom is -0.353 e. The van der Waals surface area contributed by atoms with Crippen LogP contribution in [-0.2, 0) is 4.79 Å². The second-order valence-corrected chi connectivity index (χ2v) is 7.25. The SMILES string of the molecule is CC(C)C(CCN)NC(=O)C1CCC2CCCCC2C1. The Hall–Kier alpha value is -0.570. The van der Waals surface area contributed by atoms with E-state index in [1.54, 1.807) is 0 Å². The van der Waals surface area contributed by atoms with Crippen molar-refractivity contribution in [2.75, 3.05) is 6.54 Å². The van der Waals surface area contributed by atoms with Crippen molar-refractivity contribution in [3.63, 3.8) is 0 Å². The summed E-state index contributed by atoms with van der Waals surface area (Å²) in [5.41, 5.74) is 5.66. The van der Waals surface area contributed by atoms with Crippen LogP contribution in [0.5, 0.6) is 0 Å². The summed E-state index contributed by atoms with van der Waals surface area (Å²) < 4.78 is 0. The van der Waals surface area contributed by atoms with Gasteiger partial charge in [0.15, 0.2) is 0 Å². The van der Waals surface area contributed by atoms with Crippen LogP contribution in [0.3, 0.4) is 0 Å². The van der Waals surface area contributed by atoms with Gasteiger partial charge in [-0.1, -0.05) is 39.5 Å². The number of carbonyl (C=O) groups excluding carboxylic acids is 1. The van der Waals surface area contributed by atoms with Crippen molar-refractivity contribution in [1.29, 1.82) is 0 Å². The number of nitrogens with two attached hydrogens (primary N) is 1. The first-order valence-electron chi connectivity index (χ1n) is 8.62.